The Balaban J connectivity index is 1.85. The number of nitrogens with one attached hydrogen (secondary N) is 1. The molecule has 118 valence electrons. The fourth-order valence-electron chi connectivity index (χ4n) is 4.54. The Bertz CT molecular complexity index is 774. The minimum Gasteiger partial charge on any atom is -0.425 e. The molecular formula is C18H19N3O2. The van der Waals surface area contributed by atoms with Gasteiger partial charge in [-0.1, -0.05) is 18.2 Å². The summed E-state index contributed by atoms with van der Waals surface area (Å²) in [5.74, 6) is 1.81. The lowest BCUT2D eigenvalue weighted by Crippen LogP contribution is -2.41. The van der Waals surface area contributed by atoms with E-state index in [1.165, 1.54) is 0 Å². The first kappa shape index (κ1) is 13.0. The molecule has 1 N–H and O–H groups in total. The normalized spacial score (nSPS) is 24.0. The van der Waals surface area contributed by atoms with Crippen LogP contribution in [0.1, 0.15) is 18.4 Å². The number of carbonyl (C=O) groups is 1. The molecule has 4 aliphatic heterocycles. The zero-order chi connectivity index (χ0) is 15.8. The zero-order valence-corrected chi connectivity index (χ0v) is 13.3. The van der Waals surface area contributed by atoms with Gasteiger partial charge in [0.05, 0.1) is 0 Å². The van der Waals surface area contributed by atoms with Crippen LogP contribution in [0.3, 0.4) is 0 Å². The number of hydrogen-bond acceptors (Lipinski definition) is 4. The molecule has 0 atom stereocenters. The van der Waals surface area contributed by atoms with Crippen LogP contribution in [0.2, 0.25) is 0 Å². The number of nitrogens with zero attached hydrogens (tertiary/aromatic N) is 2. The van der Waals surface area contributed by atoms with E-state index >= 15 is 0 Å². The van der Waals surface area contributed by atoms with Crippen LogP contribution < -0.4 is 5.32 Å². The van der Waals surface area contributed by atoms with Crippen molar-refractivity contribution in [2.45, 2.75) is 18.3 Å². The van der Waals surface area contributed by atoms with Gasteiger partial charge >= 0.3 is 0 Å². The highest BCUT2D eigenvalue weighted by molar-refractivity contribution is 6.11. The highest BCUT2D eigenvalue weighted by Gasteiger charge is 2.59. The van der Waals surface area contributed by atoms with Crippen molar-refractivity contribution < 1.29 is 9.53 Å². The highest BCUT2D eigenvalue weighted by atomic mass is 16.5. The van der Waals surface area contributed by atoms with E-state index in [9.17, 15) is 4.79 Å². The van der Waals surface area contributed by atoms with Crippen molar-refractivity contribution in [3.63, 3.8) is 0 Å². The van der Waals surface area contributed by atoms with Crippen LogP contribution in [0.15, 0.2) is 47.2 Å². The number of anilines is 1. The fraction of sp³-hybridized carbons (Fsp3) is 0.389. The molecule has 5 rings (SSSR count). The third kappa shape index (κ3) is 1.36. The lowest BCUT2D eigenvalue weighted by Gasteiger charge is -2.36. The van der Waals surface area contributed by atoms with Crippen LogP contribution in [0.25, 0.3) is 0 Å². The summed E-state index contributed by atoms with van der Waals surface area (Å²) in [5, 5.41) is 3.11. The first-order chi connectivity index (χ1) is 11.1. The van der Waals surface area contributed by atoms with Gasteiger partial charge < -0.3 is 19.9 Å². The molecule has 0 radical (unpaired) electrons. The SMILES string of the molecule is CN1CCC2=C1OC1=C(CCN1C)C21C(=O)Nc2ccccc21. The molecule has 0 aromatic heterocycles. The Hall–Kier alpha value is -2.43. The quantitative estimate of drug-likeness (QED) is 0.796. The third-order valence-corrected chi connectivity index (χ3v) is 5.62. The monoisotopic (exact) mass is 309 g/mol. The van der Waals surface area contributed by atoms with Crippen LogP contribution in [-0.4, -0.2) is 42.9 Å². The van der Waals surface area contributed by atoms with Gasteiger partial charge in [-0.25, -0.2) is 0 Å². The minimum atomic E-state index is -0.672. The summed E-state index contributed by atoms with van der Waals surface area (Å²) >= 11 is 0. The van der Waals surface area contributed by atoms with Crippen molar-refractivity contribution in [2.24, 2.45) is 0 Å². The van der Waals surface area contributed by atoms with Crippen molar-refractivity contribution in [3.8, 4) is 0 Å². The molecule has 4 aliphatic rings. The molecule has 5 nitrogen and oxygen atoms in total. The van der Waals surface area contributed by atoms with Crippen molar-refractivity contribution >= 4 is 11.6 Å². The van der Waals surface area contributed by atoms with Crippen LogP contribution in [0, 0.1) is 0 Å². The molecule has 1 aromatic carbocycles. The maximum absolute atomic E-state index is 13.2. The van der Waals surface area contributed by atoms with Gasteiger partial charge in [-0.2, -0.15) is 0 Å². The van der Waals surface area contributed by atoms with Gasteiger partial charge in [-0.3, -0.25) is 4.79 Å². The third-order valence-electron chi connectivity index (χ3n) is 5.62. The van der Waals surface area contributed by atoms with Crippen LogP contribution in [0.5, 0.6) is 0 Å². The highest BCUT2D eigenvalue weighted by Crippen LogP contribution is 2.57. The van der Waals surface area contributed by atoms with E-state index in [1.807, 2.05) is 32.3 Å². The van der Waals surface area contributed by atoms with Gasteiger partial charge in [0.1, 0.15) is 5.41 Å². The largest absolute Gasteiger partial charge is 0.425 e. The maximum atomic E-state index is 13.2. The molecule has 0 saturated carbocycles. The van der Waals surface area contributed by atoms with Gasteiger partial charge in [0.2, 0.25) is 5.91 Å². The Kier molecular flexibility index (Phi) is 2.33. The molecule has 0 fully saturated rings. The molecule has 0 bridgehead atoms. The zero-order valence-electron chi connectivity index (χ0n) is 13.3. The van der Waals surface area contributed by atoms with Gasteiger partial charge in [0, 0.05) is 44.0 Å². The Morgan fingerprint density at radius 3 is 2.30 bits per heavy atom. The van der Waals surface area contributed by atoms with Gasteiger partial charge in [-0.15, -0.1) is 0 Å². The Morgan fingerprint density at radius 1 is 1.04 bits per heavy atom. The summed E-state index contributed by atoms with van der Waals surface area (Å²) in [6.45, 7) is 1.79. The van der Waals surface area contributed by atoms with E-state index in [-0.39, 0.29) is 5.91 Å². The summed E-state index contributed by atoms with van der Waals surface area (Å²) in [5.41, 5.74) is 3.59. The second-order valence-electron chi connectivity index (χ2n) is 6.76. The maximum Gasteiger partial charge on any atom is 0.243 e. The van der Waals surface area contributed by atoms with Crippen molar-refractivity contribution in [1.82, 2.24) is 9.80 Å². The predicted molar refractivity (Wildman–Crippen MR) is 86.4 cm³/mol. The minimum absolute atomic E-state index is 0.0765. The second kappa shape index (κ2) is 4.10. The molecule has 23 heavy (non-hydrogen) atoms. The molecule has 0 unspecified atom stereocenters. The number of amides is 1. The number of ether oxygens (including phenoxy) is 1. The Labute approximate surface area is 135 Å². The lowest BCUT2D eigenvalue weighted by molar-refractivity contribution is -0.119. The van der Waals surface area contributed by atoms with E-state index < -0.39 is 5.41 Å². The van der Waals surface area contributed by atoms with Crippen molar-refractivity contribution in [2.75, 3.05) is 32.5 Å². The van der Waals surface area contributed by atoms with Crippen molar-refractivity contribution in [1.29, 1.82) is 0 Å². The summed E-state index contributed by atoms with van der Waals surface area (Å²) in [7, 11) is 4.07. The average Bonchev–Trinajstić information content (AvgIpc) is 3.18. The summed E-state index contributed by atoms with van der Waals surface area (Å²) in [6, 6.07) is 8.08. The number of para-hydroxylation sites is 1. The van der Waals surface area contributed by atoms with Gasteiger partial charge in [0.15, 0.2) is 11.8 Å². The first-order valence-corrected chi connectivity index (χ1v) is 8.12. The standard InChI is InChI=1S/C18H19N3O2/c1-20-9-7-12-15(20)23-16-13(8-10-21(16)2)18(12)11-5-3-4-6-14(11)19-17(18)22/h3-6H,7-10H2,1-2H3,(H,19,22). The number of hydrogen-bond donors (Lipinski definition) is 1. The van der Waals surface area contributed by atoms with Gasteiger partial charge in [0.25, 0.3) is 0 Å². The molecule has 0 aliphatic carbocycles. The summed E-state index contributed by atoms with van der Waals surface area (Å²) < 4.78 is 6.24. The molecule has 1 spiro atoms. The number of rotatable bonds is 0. The lowest BCUT2D eigenvalue weighted by atomic mass is 9.67. The predicted octanol–water partition coefficient (Wildman–Crippen LogP) is 2.00. The molecular weight excluding hydrogens is 290 g/mol. The molecule has 5 heteroatoms. The summed E-state index contributed by atoms with van der Waals surface area (Å²) in [6.07, 6.45) is 1.74. The topological polar surface area (TPSA) is 44.8 Å². The smallest absolute Gasteiger partial charge is 0.243 e. The van der Waals surface area contributed by atoms with Crippen LogP contribution >= 0.6 is 0 Å². The van der Waals surface area contributed by atoms with Crippen LogP contribution in [0.4, 0.5) is 5.69 Å². The van der Waals surface area contributed by atoms with E-state index in [4.69, 9.17) is 4.74 Å². The first-order valence-electron chi connectivity index (χ1n) is 8.12. The number of benzene rings is 1. The number of carbonyl (C=O) groups excluding carboxylic acids is 1. The van der Waals surface area contributed by atoms with E-state index in [2.05, 4.69) is 21.2 Å². The number of fused-ring (bicyclic) bond motifs is 4. The molecule has 0 saturated heterocycles. The summed E-state index contributed by atoms with van der Waals surface area (Å²) in [4.78, 5) is 17.5. The Morgan fingerprint density at radius 2 is 1.65 bits per heavy atom. The molecule has 1 aromatic rings. The van der Waals surface area contributed by atoms with E-state index in [0.717, 1.165) is 60.1 Å². The fourth-order valence-corrected chi connectivity index (χ4v) is 4.54. The van der Waals surface area contributed by atoms with Crippen molar-refractivity contribution in [3.05, 3.63) is 52.7 Å². The molecule has 4 heterocycles. The van der Waals surface area contributed by atoms with Crippen LogP contribution in [-0.2, 0) is 14.9 Å². The molecule has 1 amide bonds. The van der Waals surface area contributed by atoms with E-state index in [0.29, 0.717) is 0 Å². The van der Waals surface area contributed by atoms with E-state index in [1.54, 1.807) is 0 Å². The average molecular weight is 309 g/mol. The second-order valence-corrected chi connectivity index (χ2v) is 6.76. The van der Waals surface area contributed by atoms with Gasteiger partial charge in [-0.05, 0) is 24.5 Å².